The Bertz CT molecular complexity index is 828. The Morgan fingerprint density at radius 1 is 1.24 bits per heavy atom. The van der Waals surface area contributed by atoms with Crippen molar-refractivity contribution in [2.45, 2.75) is 24.5 Å². The molecule has 2 heterocycles. The molecule has 1 fully saturated rings. The second-order valence-corrected chi connectivity index (χ2v) is 7.65. The number of aliphatic hydroxyl groups excluding tert-OH is 2. The van der Waals surface area contributed by atoms with Gasteiger partial charge < -0.3 is 29.6 Å². The molecule has 2 rings (SSSR count). The van der Waals surface area contributed by atoms with E-state index in [1.165, 1.54) is 0 Å². The predicted octanol–water partition coefficient (Wildman–Crippen LogP) is -2.82. The molecule has 6 N–H and O–H groups in total. The molecular formula is C9H13N2O12P2. The van der Waals surface area contributed by atoms with Crippen molar-refractivity contribution in [3.05, 3.63) is 33.1 Å². The third-order valence-electron chi connectivity index (χ3n) is 3.01. The molecule has 25 heavy (non-hydrogen) atoms. The van der Waals surface area contributed by atoms with Crippen molar-refractivity contribution in [1.29, 1.82) is 0 Å². The molecule has 0 aliphatic carbocycles. The summed E-state index contributed by atoms with van der Waals surface area (Å²) in [5.74, 6) is 0. The highest BCUT2D eigenvalue weighted by atomic mass is 31.3. The van der Waals surface area contributed by atoms with Crippen LogP contribution in [0.15, 0.2) is 15.8 Å². The van der Waals surface area contributed by atoms with Crippen LogP contribution in [0.1, 0.15) is 6.23 Å². The second-order valence-electron chi connectivity index (χ2n) is 4.82. The molecule has 0 aromatic carbocycles. The van der Waals surface area contributed by atoms with Gasteiger partial charge in [0.15, 0.2) is 6.23 Å². The van der Waals surface area contributed by atoms with Crippen LogP contribution in [0.5, 0.6) is 0 Å². The summed E-state index contributed by atoms with van der Waals surface area (Å²) < 4.78 is 35.5. The van der Waals surface area contributed by atoms with Crippen molar-refractivity contribution in [3.8, 4) is 0 Å². The summed E-state index contributed by atoms with van der Waals surface area (Å²) in [4.78, 5) is 50.5. The first-order valence-electron chi connectivity index (χ1n) is 6.38. The number of hydrogen-bond donors (Lipinski definition) is 6. The van der Waals surface area contributed by atoms with E-state index in [1.807, 2.05) is 4.98 Å². The third kappa shape index (κ3) is 5.15. The van der Waals surface area contributed by atoms with E-state index >= 15 is 0 Å². The topological polar surface area (TPSA) is 218 Å². The lowest BCUT2D eigenvalue weighted by atomic mass is 10.1. The maximum Gasteiger partial charge on any atom is 0.481 e. The first-order chi connectivity index (χ1) is 11.4. The van der Waals surface area contributed by atoms with E-state index in [0.29, 0.717) is 4.57 Å². The van der Waals surface area contributed by atoms with Crippen molar-refractivity contribution in [1.82, 2.24) is 9.55 Å². The fraction of sp³-hybridized carbons (Fsp3) is 0.556. The summed E-state index contributed by atoms with van der Waals surface area (Å²) >= 11 is 0. The minimum absolute atomic E-state index is 0.708. The number of phosphoric acid groups is 2. The molecule has 1 aliphatic rings. The van der Waals surface area contributed by atoms with Gasteiger partial charge in [-0.1, -0.05) is 0 Å². The van der Waals surface area contributed by atoms with E-state index in [2.05, 4.69) is 14.9 Å². The minimum atomic E-state index is -5.32. The largest absolute Gasteiger partial charge is 0.481 e. The van der Waals surface area contributed by atoms with Crippen LogP contribution in [0.25, 0.3) is 0 Å². The second kappa shape index (κ2) is 7.21. The Labute approximate surface area is 138 Å². The zero-order valence-electron chi connectivity index (χ0n) is 12.0. The average Bonchev–Trinajstić information content (AvgIpc) is 2.71. The standard InChI is InChI=1S/C9H13N2O12P2/c12-5-1-2-11(9(15)10-5)8-7(14)6(13)4(22-8)3-21-25(19,20)23-24(16,17)18/h2,4,6-8,13-14H,3H2,(H,19,20)(H,10,12,15)(H2,16,17,18)/t4-,6-,7-,8-/m1/s1. The van der Waals surface area contributed by atoms with Crippen molar-refractivity contribution in [2.24, 2.45) is 0 Å². The average molecular weight is 403 g/mol. The van der Waals surface area contributed by atoms with Crippen LogP contribution in [0.3, 0.4) is 0 Å². The van der Waals surface area contributed by atoms with Crippen LogP contribution in [-0.2, 0) is 22.7 Å². The van der Waals surface area contributed by atoms with E-state index in [1.54, 1.807) is 0 Å². The summed E-state index contributed by atoms with van der Waals surface area (Å²) in [5, 5.41) is 19.8. The molecule has 141 valence electrons. The quantitative estimate of drug-likeness (QED) is 0.265. The lowest BCUT2D eigenvalue weighted by molar-refractivity contribution is -0.0542. The highest BCUT2D eigenvalue weighted by Gasteiger charge is 2.45. The molecule has 0 bridgehead atoms. The summed E-state index contributed by atoms with van der Waals surface area (Å²) in [6, 6.07) is 2.11. The monoisotopic (exact) mass is 403 g/mol. The summed E-state index contributed by atoms with van der Waals surface area (Å²) in [6.45, 7) is -0.912. The molecule has 14 nitrogen and oxygen atoms in total. The Kier molecular flexibility index (Phi) is 5.81. The van der Waals surface area contributed by atoms with Gasteiger partial charge in [0.25, 0.3) is 5.56 Å². The molecule has 0 amide bonds. The number of rotatable bonds is 6. The molecule has 0 saturated carbocycles. The molecule has 1 aromatic heterocycles. The highest BCUT2D eigenvalue weighted by molar-refractivity contribution is 7.60. The smallest absolute Gasteiger partial charge is 0.387 e. The molecule has 1 unspecified atom stereocenters. The van der Waals surface area contributed by atoms with E-state index in [-0.39, 0.29) is 0 Å². The fourth-order valence-electron chi connectivity index (χ4n) is 2.00. The molecule has 5 atom stereocenters. The number of ether oxygens (including phenoxy) is 1. The summed E-state index contributed by atoms with van der Waals surface area (Å²) in [7, 11) is -10.5. The predicted molar refractivity (Wildman–Crippen MR) is 75.0 cm³/mol. The van der Waals surface area contributed by atoms with Crippen LogP contribution in [0.4, 0.5) is 0 Å². The normalized spacial score (nSPS) is 29.5. The number of H-pyrrole nitrogens is 1. The Morgan fingerprint density at radius 3 is 2.44 bits per heavy atom. The number of aliphatic hydroxyl groups is 2. The van der Waals surface area contributed by atoms with Gasteiger partial charge in [-0.3, -0.25) is 18.9 Å². The number of hydrogen-bond acceptors (Lipinski definition) is 9. The van der Waals surface area contributed by atoms with Gasteiger partial charge in [0.1, 0.15) is 18.3 Å². The van der Waals surface area contributed by atoms with Crippen LogP contribution < -0.4 is 11.2 Å². The number of phosphoric ester groups is 1. The molecule has 1 aliphatic heterocycles. The zero-order valence-corrected chi connectivity index (χ0v) is 13.8. The Hall–Kier alpha value is -1.18. The first kappa shape index (κ1) is 20.1. The molecule has 1 aromatic rings. The highest BCUT2D eigenvalue weighted by Crippen LogP contribution is 2.57. The zero-order chi connectivity index (χ0) is 19.0. The molecule has 0 spiro atoms. The van der Waals surface area contributed by atoms with Gasteiger partial charge in [0.2, 0.25) is 0 Å². The van der Waals surface area contributed by atoms with Crippen LogP contribution in [-0.4, -0.2) is 59.4 Å². The van der Waals surface area contributed by atoms with Crippen LogP contribution in [0, 0.1) is 6.07 Å². The van der Waals surface area contributed by atoms with Gasteiger partial charge >= 0.3 is 21.3 Å². The number of nitrogens with one attached hydrogen (secondary N) is 1. The molecular weight excluding hydrogens is 390 g/mol. The number of aromatic amines is 1. The SMILES string of the molecule is O=c1[c]cn([C@@H]2O[C@H](COP(=O)(O)OP(=O)(O)O)[C@@H](O)[C@H]2O)c(=O)[nH]1. The van der Waals surface area contributed by atoms with E-state index in [4.69, 9.17) is 19.4 Å². The Balaban J connectivity index is 2.09. The first-order valence-corrected chi connectivity index (χ1v) is 9.41. The summed E-state index contributed by atoms with van der Waals surface area (Å²) in [6.07, 6.45) is -5.45. The summed E-state index contributed by atoms with van der Waals surface area (Å²) in [5.41, 5.74) is -1.80. The lowest BCUT2D eigenvalue weighted by Crippen LogP contribution is -2.37. The van der Waals surface area contributed by atoms with Crippen LogP contribution >= 0.6 is 15.6 Å². The van der Waals surface area contributed by atoms with E-state index in [0.717, 1.165) is 6.20 Å². The molecule has 1 radical (unpaired) electrons. The number of aromatic nitrogens is 2. The number of nitrogens with zero attached hydrogens (tertiary/aromatic N) is 1. The maximum atomic E-state index is 11.7. The van der Waals surface area contributed by atoms with Gasteiger partial charge in [0.05, 0.1) is 12.7 Å². The van der Waals surface area contributed by atoms with Crippen molar-refractivity contribution in [3.63, 3.8) is 0 Å². The van der Waals surface area contributed by atoms with Crippen molar-refractivity contribution < 1.29 is 47.6 Å². The molecule has 1 saturated heterocycles. The van der Waals surface area contributed by atoms with E-state index in [9.17, 15) is 28.9 Å². The lowest BCUT2D eigenvalue weighted by Gasteiger charge is -2.17. The van der Waals surface area contributed by atoms with Gasteiger partial charge in [-0.25, -0.2) is 13.9 Å². The fourth-order valence-corrected chi connectivity index (χ4v) is 3.60. The van der Waals surface area contributed by atoms with Crippen molar-refractivity contribution >= 4 is 15.6 Å². The third-order valence-corrected chi connectivity index (χ3v) is 5.16. The van der Waals surface area contributed by atoms with Gasteiger partial charge in [-0.05, 0) is 0 Å². The van der Waals surface area contributed by atoms with Crippen molar-refractivity contribution in [2.75, 3.05) is 6.61 Å². The Morgan fingerprint density at radius 2 is 1.88 bits per heavy atom. The maximum absolute atomic E-state index is 11.7. The van der Waals surface area contributed by atoms with E-state index < -0.39 is 58.0 Å². The van der Waals surface area contributed by atoms with Gasteiger partial charge in [-0.2, -0.15) is 4.31 Å². The van der Waals surface area contributed by atoms with Gasteiger partial charge in [0, 0.05) is 6.20 Å². The van der Waals surface area contributed by atoms with Crippen LogP contribution in [0.2, 0.25) is 0 Å². The minimum Gasteiger partial charge on any atom is -0.387 e. The van der Waals surface area contributed by atoms with Gasteiger partial charge in [-0.15, -0.1) is 0 Å². The molecule has 16 heteroatoms.